The van der Waals surface area contributed by atoms with Gasteiger partial charge in [-0.3, -0.25) is 14.3 Å². The number of aromatic nitrogens is 3. The molecule has 3 saturated heterocycles. The maximum Gasteiger partial charge on any atom is 0.323 e. The molecule has 0 bridgehead atoms. The zero-order valence-corrected chi connectivity index (χ0v) is 25.1. The summed E-state index contributed by atoms with van der Waals surface area (Å²) in [5, 5.41) is 8.31. The van der Waals surface area contributed by atoms with Crippen LogP contribution in [0.15, 0.2) is 30.5 Å². The van der Waals surface area contributed by atoms with Gasteiger partial charge in [0.05, 0.1) is 42.3 Å². The molecule has 1 aromatic carbocycles. The largest absolute Gasteiger partial charge is 0.457 e. The van der Waals surface area contributed by atoms with Crippen LogP contribution in [0, 0.1) is 6.92 Å². The van der Waals surface area contributed by atoms with Crippen LogP contribution in [0.5, 0.6) is 0 Å². The SMILES string of the molecule is Cc1cn2nc(C3CCCCN3C(=O)c3cc(Cl)ccc3NS(C)(=O)=O)cc2nc1N1CC(OC(=O)C2CCCN2)C1. The van der Waals surface area contributed by atoms with Crippen molar-refractivity contribution in [2.75, 3.05) is 42.1 Å². The Morgan fingerprint density at radius 1 is 1.14 bits per heavy atom. The fraction of sp³-hybridized carbons (Fsp3) is 0.500. The molecule has 42 heavy (non-hydrogen) atoms. The third-order valence-corrected chi connectivity index (χ3v) is 8.84. The minimum Gasteiger partial charge on any atom is -0.457 e. The number of hydrogen-bond acceptors (Lipinski definition) is 9. The number of piperidine rings is 1. The molecule has 3 aromatic rings. The number of carbonyl (C=O) groups excluding carboxylic acids is 2. The Hall–Kier alpha value is -3.42. The minimum absolute atomic E-state index is 0.159. The Morgan fingerprint density at radius 2 is 1.95 bits per heavy atom. The molecule has 0 saturated carbocycles. The van der Waals surface area contributed by atoms with E-state index in [-0.39, 0.29) is 41.3 Å². The van der Waals surface area contributed by atoms with Gasteiger partial charge in [0.15, 0.2) is 5.65 Å². The van der Waals surface area contributed by atoms with Crippen molar-refractivity contribution in [2.24, 2.45) is 0 Å². The number of fused-ring (bicyclic) bond motifs is 1. The first-order valence-corrected chi connectivity index (χ1v) is 16.5. The summed E-state index contributed by atoms with van der Waals surface area (Å²) in [7, 11) is -3.61. The summed E-state index contributed by atoms with van der Waals surface area (Å²) in [5.41, 5.74) is 2.68. The second-order valence-corrected chi connectivity index (χ2v) is 13.5. The molecule has 0 aliphatic carbocycles. The molecular weight excluding hydrogens is 582 g/mol. The van der Waals surface area contributed by atoms with E-state index >= 15 is 0 Å². The van der Waals surface area contributed by atoms with Crippen molar-refractivity contribution < 1.29 is 22.7 Å². The number of aryl methyl sites for hydroxylation is 1. The van der Waals surface area contributed by atoms with Crippen molar-refractivity contribution in [3.63, 3.8) is 0 Å². The average molecular weight is 616 g/mol. The van der Waals surface area contributed by atoms with Crippen LogP contribution >= 0.6 is 11.6 Å². The lowest BCUT2D eigenvalue weighted by Crippen LogP contribution is -2.54. The molecule has 12 nitrogen and oxygen atoms in total. The zero-order valence-electron chi connectivity index (χ0n) is 23.5. The highest BCUT2D eigenvalue weighted by atomic mass is 35.5. The van der Waals surface area contributed by atoms with Crippen LogP contribution in [0.4, 0.5) is 11.5 Å². The molecule has 3 aliphatic rings. The molecular formula is C28H34ClN7O5S. The highest BCUT2D eigenvalue weighted by molar-refractivity contribution is 7.92. The van der Waals surface area contributed by atoms with Crippen molar-refractivity contribution in [2.45, 2.75) is 57.2 Å². The first-order valence-electron chi connectivity index (χ1n) is 14.2. The Kier molecular flexibility index (Phi) is 7.75. The van der Waals surface area contributed by atoms with Gasteiger partial charge in [0.1, 0.15) is 18.0 Å². The van der Waals surface area contributed by atoms with Crippen LogP contribution in [0.1, 0.15) is 59.8 Å². The second kappa shape index (κ2) is 11.3. The van der Waals surface area contributed by atoms with Crippen molar-refractivity contribution >= 4 is 50.7 Å². The summed E-state index contributed by atoms with van der Waals surface area (Å²) in [6, 6.07) is 5.93. The Bertz CT molecular complexity index is 1630. The summed E-state index contributed by atoms with van der Waals surface area (Å²) in [6.07, 6.45) is 7.07. The molecule has 3 fully saturated rings. The number of esters is 1. The smallest absolute Gasteiger partial charge is 0.323 e. The van der Waals surface area contributed by atoms with Gasteiger partial charge in [-0.1, -0.05) is 11.6 Å². The van der Waals surface area contributed by atoms with E-state index in [0.29, 0.717) is 42.4 Å². The number of amides is 1. The molecule has 0 spiro atoms. The number of anilines is 2. The number of carbonyl (C=O) groups is 2. The maximum atomic E-state index is 13.8. The third-order valence-electron chi connectivity index (χ3n) is 8.01. The second-order valence-electron chi connectivity index (χ2n) is 11.3. The molecule has 14 heteroatoms. The number of nitrogens with zero attached hydrogens (tertiary/aromatic N) is 5. The van der Waals surface area contributed by atoms with Crippen LogP contribution < -0.4 is 14.9 Å². The molecule has 6 rings (SSSR count). The standard InChI is InChI=1S/C28H34ClN7O5S/c1-17-14-36-25(31-26(17)34-15-19(16-34)41-28(38)22-6-5-10-30-22)13-23(32-36)24-7-3-4-11-35(24)27(37)20-12-18(29)8-9-21(20)33-42(2,39)40/h8-9,12-14,19,22,24,30,33H,3-7,10-11,15-16H2,1-2H3. The van der Waals surface area contributed by atoms with Gasteiger partial charge in [0.2, 0.25) is 10.0 Å². The molecule has 3 aliphatic heterocycles. The minimum atomic E-state index is -3.61. The normalized spacial score (nSPS) is 21.4. The molecule has 5 heterocycles. The van der Waals surface area contributed by atoms with Gasteiger partial charge in [-0.15, -0.1) is 0 Å². The fourth-order valence-electron chi connectivity index (χ4n) is 5.94. The van der Waals surface area contributed by atoms with Crippen molar-refractivity contribution in [3.05, 3.63) is 52.3 Å². The number of benzene rings is 1. The van der Waals surface area contributed by atoms with Crippen molar-refractivity contribution in [1.82, 2.24) is 24.8 Å². The van der Waals surface area contributed by atoms with Crippen molar-refractivity contribution in [1.29, 1.82) is 0 Å². The van der Waals surface area contributed by atoms with Gasteiger partial charge in [-0.25, -0.2) is 17.9 Å². The van der Waals surface area contributed by atoms with Crippen LogP contribution in [0.3, 0.4) is 0 Å². The zero-order chi connectivity index (χ0) is 29.6. The number of hydrogen-bond donors (Lipinski definition) is 2. The third kappa shape index (κ3) is 5.90. The van der Waals surface area contributed by atoms with Gasteiger partial charge in [-0.2, -0.15) is 5.10 Å². The molecule has 2 N–H and O–H groups in total. The summed E-state index contributed by atoms with van der Waals surface area (Å²) < 4.78 is 33.7. The first-order chi connectivity index (χ1) is 20.1. The molecule has 2 atom stereocenters. The summed E-state index contributed by atoms with van der Waals surface area (Å²) in [5.74, 6) is 0.317. The Labute approximate surface area is 249 Å². The topological polar surface area (TPSA) is 138 Å². The maximum absolute atomic E-state index is 13.8. The van der Waals surface area contributed by atoms with Gasteiger partial charge in [-0.05, 0) is 63.8 Å². The van der Waals surface area contributed by atoms with Gasteiger partial charge >= 0.3 is 5.97 Å². The lowest BCUT2D eigenvalue weighted by atomic mass is 9.98. The highest BCUT2D eigenvalue weighted by Crippen LogP contribution is 2.35. The van der Waals surface area contributed by atoms with Crippen molar-refractivity contribution in [3.8, 4) is 0 Å². The first kappa shape index (κ1) is 28.7. The van der Waals surface area contributed by atoms with Crippen LogP contribution in [-0.2, 0) is 19.6 Å². The van der Waals surface area contributed by atoms with E-state index in [1.165, 1.54) is 12.1 Å². The monoisotopic (exact) mass is 615 g/mol. The summed E-state index contributed by atoms with van der Waals surface area (Å²) in [4.78, 5) is 34.9. The molecule has 224 valence electrons. The number of rotatable bonds is 7. The Morgan fingerprint density at radius 3 is 2.69 bits per heavy atom. The van der Waals surface area contributed by atoms with Crippen LogP contribution in [0.2, 0.25) is 5.02 Å². The fourth-order valence-corrected chi connectivity index (χ4v) is 6.69. The van der Waals surface area contributed by atoms with E-state index in [4.69, 9.17) is 26.4 Å². The van der Waals surface area contributed by atoms with E-state index in [1.807, 2.05) is 19.2 Å². The van der Waals surface area contributed by atoms with E-state index in [0.717, 1.165) is 49.9 Å². The molecule has 2 aromatic heterocycles. The summed E-state index contributed by atoms with van der Waals surface area (Å²) in [6.45, 7) is 4.48. The van der Waals surface area contributed by atoms with Gasteiger partial charge in [0, 0.05) is 29.4 Å². The number of ether oxygens (including phenoxy) is 1. The van der Waals surface area contributed by atoms with E-state index in [9.17, 15) is 18.0 Å². The summed E-state index contributed by atoms with van der Waals surface area (Å²) >= 11 is 6.21. The predicted molar refractivity (Wildman–Crippen MR) is 158 cm³/mol. The number of nitrogens with one attached hydrogen (secondary N) is 2. The van der Waals surface area contributed by atoms with Gasteiger partial charge in [0.25, 0.3) is 5.91 Å². The van der Waals surface area contributed by atoms with Gasteiger partial charge < -0.3 is 19.9 Å². The van der Waals surface area contributed by atoms with E-state index in [1.54, 1.807) is 15.5 Å². The van der Waals surface area contributed by atoms with Crippen LogP contribution in [-0.4, -0.2) is 84.4 Å². The molecule has 2 unspecified atom stereocenters. The lowest BCUT2D eigenvalue weighted by Gasteiger charge is -2.40. The number of likely N-dealkylation sites (tertiary alicyclic amines) is 1. The van der Waals surface area contributed by atoms with Crippen LogP contribution in [0.25, 0.3) is 5.65 Å². The predicted octanol–water partition coefficient (Wildman–Crippen LogP) is 2.91. The lowest BCUT2D eigenvalue weighted by molar-refractivity contribution is -0.152. The molecule has 1 amide bonds. The number of sulfonamides is 1. The van der Waals surface area contributed by atoms with E-state index in [2.05, 4.69) is 14.9 Å². The average Bonchev–Trinajstić information content (AvgIpc) is 3.60. The van der Waals surface area contributed by atoms with E-state index < -0.39 is 10.0 Å². The quantitative estimate of drug-likeness (QED) is 0.384. The highest BCUT2D eigenvalue weighted by Gasteiger charge is 2.36. The molecule has 0 radical (unpaired) electrons. The number of halogens is 1. The Balaban J connectivity index is 1.21.